The minimum atomic E-state index is -0.943. The van der Waals surface area contributed by atoms with Crippen LogP contribution < -0.4 is 0 Å². The second-order valence-corrected chi connectivity index (χ2v) is 22.8. The molecule has 0 spiro atoms. The third-order valence-electron chi connectivity index (χ3n) is 15.5. The Kier molecular flexibility index (Phi) is 24.5. The Balaban J connectivity index is 0.000000276. The number of aliphatic hydroxyl groups is 2. The highest BCUT2D eigenvalue weighted by Crippen LogP contribution is 2.49. The smallest absolute Gasteiger partial charge is 0.332 e. The monoisotopic (exact) mass is 1010 g/mol. The molecule has 6 rings (SSSR count). The Morgan fingerprint density at radius 2 is 1.04 bits per heavy atom. The predicted octanol–water partition coefficient (Wildman–Crippen LogP) is 14.2. The predicted molar refractivity (Wildman–Crippen MR) is 300 cm³/mol. The number of esters is 1. The van der Waals surface area contributed by atoms with Crippen molar-refractivity contribution in [2.75, 3.05) is 26.4 Å². The van der Waals surface area contributed by atoms with E-state index in [0.29, 0.717) is 13.2 Å². The minimum Gasteiger partial charge on any atom is -0.480 e. The number of carboxylic acid groups (broad SMARTS) is 1. The van der Waals surface area contributed by atoms with Crippen molar-refractivity contribution in [2.24, 2.45) is 21.7 Å². The van der Waals surface area contributed by atoms with E-state index in [1.807, 2.05) is 106 Å². The van der Waals surface area contributed by atoms with Gasteiger partial charge in [-0.3, -0.25) is 0 Å². The molecule has 3 N–H and O–H groups in total. The maximum atomic E-state index is 11.9. The summed E-state index contributed by atoms with van der Waals surface area (Å²) in [5.74, 6) is 12.1. The number of allylic oxidation sites excluding steroid dienone is 8. The molecule has 4 aliphatic carbocycles. The lowest BCUT2D eigenvalue weighted by Crippen LogP contribution is -2.30. The normalized spacial score (nSPS) is 23.2. The van der Waals surface area contributed by atoms with Gasteiger partial charge in [0.15, 0.2) is 0 Å². The molecule has 2 aromatic rings. The summed E-state index contributed by atoms with van der Waals surface area (Å²) in [6.45, 7) is 10.5. The average molecular weight is 1010 g/mol. The standard InChI is InChI=1S/C35H48O4.C31H40O4/c1-33(2,3)39-32(37)28-38-27-20-30-17-8-10-21-34(30,4)22-11-9-18-31(36)19-26-35(24-13-25-35)23-12-16-29-14-6-5-7-15-29;1-30(18-7-5-14-27(30)17-24-35-25-29(33)34)19-8-6-15-28(32)16-23-31(21-10-22-31)20-9-13-26-11-3-2-4-12-26/h5-7,9,11,14-15,18,20,22,31,36H,8,10,13,17,19,21,23-28H2,1-4H3;2-4,6,8,11-12,15,17,19,28,32H,5,7,10,14,16,18,20-25H2,1H3,(H,33,34)/b18-9+,22-11+,30-20+;15-6+,19-8+,27-17+/t31?,34-;28?,30-/m00/s1. The first-order chi connectivity index (χ1) is 35.5. The van der Waals surface area contributed by atoms with Crippen LogP contribution in [0.5, 0.6) is 0 Å². The number of hydrogen-bond donors (Lipinski definition) is 3. The van der Waals surface area contributed by atoms with E-state index in [9.17, 15) is 19.8 Å². The van der Waals surface area contributed by atoms with E-state index in [2.05, 4.69) is 74.0 Å². The molecule has 0 bridgehead atoms. The lowest BCUT2D eigenvalue weighted by atomic mass is 9.64. The van der Waals surface area contributed by atoms with Gasteiger partial charge in [0.1, 0.15) is 18.8 Å². The molecule has 4 saturated carbocycles. The summed E-state index contributed by atoms with van der Waals surface area (Å²) < 4.78 is 16.1. The third kappa shape index (κ3) is 21.6. The summed E-state index contributed by atoms with van der Waals surface area (Å²) in [5.41, 5.74) is 4.76. The number of rotatable bonds is 22. The first-order valence-corrected chi connectivity index (χ1v) is 27.6. The van der Waals surface area contributed by atoms with Crippen LogP contribution in [-0.2, 0) is 23.8 Å². The lowest BCUT2D eigenvalue weighted by molar-refractivity contribution is -0.159. The highest BCUT2D eigenvalue weighted by atomic mass is 16.6. The average Bonchev–Trinajstić information content (AvgIpc) is 3.34. The molecular weight excluding hydrogens is 921 g/mol. The molecule has 74 heavy (non-hydrogen) atoms. The Hall–Kier alpha value is -5.22. The molecule has 2 unspecified atom stereocenters. The minimum absolute atomic E-state index is 0.0315. The largest absolute Gasteiger partial charge is 0.480 e. The van der Waals surface area contributed by atoms with Gasteiger partial charge < -0.3 is 29.5 Å². The quantitative estimate of drug-likeness (QED) is 0.0350. The van der Waals surface area contributed by atoms with E-state index in [1.54, 1.807) is 0 Å². The summed E-state index contributed by atoms with van der Waals surface area (Å²) in [5, 5.41) is 29.9. The number of aliphatic hydroxyl groups excluding tert-OH is 2. The fourth-order valence-electron chi connectivity index (χ4n) is 10.7. The van der Waals surface area contributed by atoms with Gasteiger partial charge in [0.2, 0.25) is 0 Å². The zero-order valence-corrected chi connectivity index (χ0v) is 45.6. The fourth-order valence-corrected chi connectivity index (χ4v) is 10.7. The third-order valence-corrected chi connectivity index (χ3v) is 15.5. The Morgan fingerprint density at radius 3 is 1.43 bits per heavy atom. The van der Waals surface area contributed by atoms with Gasteiger partial charge in [-0.2, -0.15) is 0 Å². The molecule has 0 heterocycles. The van der Waals surface area contributed by atoms with Gasteiger partial charge in [0, 0.05) is 34.8 Å². The van der Waals surface area contributed by atoms with Crippen LogP contribution in [0.1, 0.15) is 174 Å². The molecule has 0 saturated heterocycles. The van der Waals surface area contributed by atoms with Gasteiger partial charge in [0.05, 0.1) is 25.4 Å². The van der Waals surface area contributed by atoms with Crippen molar-refractivity contribution in [3.63, 3.8) is 0 Å². The van der Waals surface area contributed by atoms with Crippen LogP contribution >= 0.6 is 0 Å². The van der Waals surface area contributed by atoms with Gasteiger partial charge in [-0.15, -0.1) is 0 Å². The number of carboxylic acids is 1. The van der Waals surface area contributed by atoms with Crippen LogP contribution in [0.2, 0.25) is 0 Å². The van der Waals surface area contributed by atoms with Gasteiger partial charge in [0.25, 0.3) is 0 Å². The van der Waals surface area contributed by atoms with Crippen molar-refractivity contribution in [1.29, 1.82) is 0 Å². The van der Waals surface area contributed by atoms with Crippen LogP contribution in [0.15, 0.2) is 133 Å². The molecule has 4 aliphatic rings. The van der Waals surface area contributed by atoms with E-state index in [4.69, 9.17) is 19.3 Å². The molecular formula is C66H88O8. The molecule has 0 radical (unpaired) electrons. The molecule has 8 heteroatoms. The SMILES string of the molecule is CC(C)(C)OC(=O)COC/C=C1\CCCC[C@@]1(C)/C=C/C=C/C(O)CCC1(CC#Cc2ccccc2)CCC1.C[C@@]1(/C=C/C=C/C(O)CCC2(CC#Cc3ccccc3)CCC2)CCCC/C1=C\COCC(=O)O. The topological polar surface area (TPSA) is 123 Å². The van der Waals surface area contributed by atoms with Gasteiger partial charge in [-0.1, -0.05) is 172 Å². The molecule has 0 aliphatic heterocycles. The summed E-state index contributed by atoms with van der Waals surface area (Å²) in [6.07, 6.45) is 41.3. The van der Waals surface area contributed by atoms with E-state index < -0.39 is 23.8 Å². The second kappa shape index (κ2) is 30.4. The molecule has 400 valence electrons. The first-order valence-electron chi connectivity index (χ1n) is 27.6. The van der Waals surface area contributed by atoms with Crippen LogP contribution in [0.3, 0.4) is 0 Å². The summed E-state index contributed by atoms with van der Waals surface area (Å²) in [4.78, 5) is 22.5. The number of carbonyl (C=O) groups is 2. The van der Waals surface area contributed by atoms with Crippen molar-refractivity contribution in [1.82, 2.24) is 0 Å². The maximum absolute atomic E-state index is 11.9. The second-order valence-electron chi connectivity index (χ2n) is 22.8. The number of carbonyl (C=O) groups excluding carboxylic acids is 1. The molecule has 0 aromatic heterocycles. The zero-order chi connectivity index (χ0) is 53.2. The summed E-state index contributed by atoms with van der Waals surface area (Å²) >= 11 is 0. The molecule has 0 amide bonds. The highest BCUT2D eigenvalue weighted by Gasteiger charge is 2.37. The Bertz CT molecular complexity index is 2350. The van der Waals surface area contributed by atoms with E-state index in [0.717, 1.165) is 81.8 Å². The van der Waals surface area contributed by atoms with Crippen molar-refractivity contribution >= 4 is 11.9 Å². The van der Waals surface area contributed by atoms with Gasteiger partial charge >= 0.3 is 11.9 Å². The molecule has 8 nitrogen and oxygen atoms in total. The molecule has 4 fully saturated rings. The lowest BCUT2D eigenvalue weighted by Gasteiger charge is -2.41. The number of benzene rings is 2. The number of hydrogen-bond acceptors (Lipinski definition) is 7. The van der Waals surface area contributed by atoms with Crippen molar-refractivity contribution in [3.8, 4) is 23.7 Å². The maximum Gasteiger partial charge on any atom is 0.332 e. The molecule has 4 atom stereocenters. The van der Waals surface area contributed by atoms with Gasteiger partial charge in [-0.25, -0.2) is 9.59 Å². The van der Waals surface area contributed by atoms with Crippen LogP contribution in [0.4, 0.5) is 0 Å². The number of ether oxygens (including phenoxy) is 3. The van der Waals surface area contributed by atoms with Crippen molar-refractivity contribution in [2.45, 2.75) is 181 Å². The van der Waals surface area contributed by atoms with Crippen molar-refractivity contribution in [3.05, 3.63) is 144 Å². The van der Waals surface area contributed by atoms with Crippen LogP contribution in [0.25, 0.3) is 0 Å². The van der Waals surface area contributed by atoms with Crippen LogP contribution in [-0.4, -0.2) is 71.5 Å². The van der Waals surface area contributed by atoms with E-state index >= 15 is 0 Å². The fraction of sp³-hybridized carbons (Fsp3) is 0.545. The van der Waals surface area contributed by atoms with E-state index in [1.165, 1.54) is 68.9 Å². The van der Waals surface area contributed by atoms with Crippen LogP contribution in [0, 0.1) is 45.3 Å². The number of aliphatic carboxylic acids is 1. The van der Waals surface area contributed by atoms with Crippen molar-refractivity contribution < 1.29 is 39.1 Å². The Morgan fingerprint density at radius 1 is 0.608 bits per heavy atom. The van der Waals surface area contributed by atoms with E-state index in [-0.39, 0.29) is 40.8 Å². The zero-order valence-electron chi connectivity index (χ0n) is 45.6. The Labute approximate surface area is 445 Å². The summed E-state index contributed by atoms with van der Waals surface area (Å²) in [7, 11) is 0. The van der Waals surface area contributed by atoms with Gasteiger partial charge in [-0.05, 0) is 146 Å². The summed E-state index contributed by atoms with van der Waals surface area (Å²) in [6, 6.07) is 20.3. The first kappa shape index (κ1) is 59.7. The highest BCUT2D eigenvalue weighted by molar-refractivity contribution is 5.71. The molecule has 2 aromatic carbocycles.